The fourth-order valence-corrected chi connectivity index (χ4v) is 5.06. The lowest BCUT2D eigenvalue weighted by molar-refractivity contribution is -0.111. The van der Waals surface area contributed by atoms with E-state index in [2.05, 4.69) is 5.32 Å². The average molecular weight is 419 g/mol. The highest BCUT2D eigenvalue weighted by molar-refractivity contribution is 7.92. The van der Waals surface area contributed by atoms with Crippen molar-refractivity contribution in [3.05, 3.63) is 96.1 Å². The summed E-state index contributed by atoms with van der Waals surface area (Å²) in [5.74, 6) is -0.271. The van der Waals surface area contributed by atoms with Gasteiger partial charge in [0.1, 0.15) is 0 Å². The SMILES string of the molecule is O=C(/C=C/c1ccccc1)Nc1ccc2c(c1)N(S(=O)(=O)c1ccccc1)CCC2. The third-order valence-corrected chi connectivity index (χ3v) is 6.81. The van der Waals surface area contributed by atoms with Crippen LogP contribution < -0.4 is 9.62 Å². The molecule has 0 fully saturated rings. The van der Waals surface area contributed by atoms with Crippen molar-refractivity contribution < 1.29 is 13.2 Å². The van der Waals surface area contributed by atoms with Crippen LogP contribution in [0.2, 0.25) is 0 Å². The lowest BCUT2D eigenvalue weighted by Crippen LogP contribution is -2.35. The predicted molar refractivity (Wildman–Crippen MR) is 120 cm³/mol. The number of hydrogen-bond donors (Lipinski definition) is 1. The normalized spacial score (nSPS) is 13.8. The second-order valence-electron chi connectivity index (χ2n) is 7.07. The van der Waals surface area contributed by atoms with Gasteiger partial charge in [-0.2, -0.15) is 0 Å². The summed E-state index contributed by atoms with van der Waals surface area (Å²) in [7, 11) is -3.66. The second-order valence-corrected chi connectivity index (χ2v) is 8.93. The first-order valence-corrected chi connectivity index (χ1v) is 11.2. The fraction of sp³-hybridized carbons (Fsp3) is 0.125. The molecule has 1 amide bonds. The minimum Gasteiger partial charge on any atom is -0.322 e. The van der Waals surface area contributed by atoms with Gasteiger partial charge in [-0.3, -0.25) is 9.10 Å². The largest absolute Gasteiger partial charge is 0.322 e. The van der Waals surface area contributed by atoms with Gasteiger partial charge in [-0.1, -0.05) is 54.6 Å². The molecule has 0 saturated carbocycles. The number of carbonyl (C=O) groups excluding carboxylic acids is 1. The van der Waals surface area contributed by atoms with Crippen LogP contribution in [0.4, 0.5) is 11.4 Å². The van der Waals surface area contributed by atoms with Crippen LogP contribution in [0.5, 0.6) is 0 Å². The van der Waals surface area contributed by atoms with E-state index in [9.17, 15) is 13.2 Å². The van der Waals surface area contributed by atoms with E-state index in [1.807, 2.05) is 42.5 Å². The van der Waals surface area contributed by atoms with Gasteiger partial charge in [0.2, 0.25) is 5.91 Å². The lowest BCUT2D eigenvalue weighted by atomic mass is 10.0. The molecule has 30 heavy (non-hydrogen) atoms. The summed E-state index contributed by atoms with van der Waals surface area (Å²) in [6.45, 7) is 0.412. The monoisotopic (exact) mass is 418 g/mol. The molecule has 3 aromatic rings. The Balaban J connectivity index is 1.58. The van der Waals surface area contributed by atoms with E-state index in [1.54, 1.807) is 42.5 Å². The Morgan fingerprint density at radius 2 is 1.63 bits per heavy atom. The summed E-state index contributed by atoms with van der Waals surface area (Å²) in [5, 5.41) is 2.83. The fourth-order valence-electron chi connectivity index (χ4n) is 3.51. The molecule has 1 aliphatic rings. The second kappa shape index (κ2) is 8.55. The van der Waals surface area contributed by atoms with Gasteiger partial charge in [-0.15, -0.1) is 0 Å². The van der Waals surface area contributed by atoms with Crippen LogP contribution in [0.25, 0.3) is 6.08 Å². The maximum atomic E-state index is 13.2. The zero-order chi connectivity index (χ0) is 21.0. The lowest BCUT2D eigenvalue weighted by Gasteiger charge is -2.31. The Labute approximate surface area is 176 Å². The summed E-state index contributed by atoms with van der Waals surface area (Å²) in [6, 6.07) is 23.4. The van der Waals surface area contributed by atoms with Crippen LogP contribution in [-0.2, 0) is 21.2 Å². The highest BCUT2D eigenvalue weighted by Crippen LogP contribution is 2.34. The van der Waals surface area contributed by atoms with Crippen molar-refractivity contribution >= 4 is 33.4 Å². The Morgan fingerprint density at radius 1 is 0.933 bits per heavy atom. The van der Waals surface area contributed by atoms with Crippen molar-refractivity contribution in [1.29, 1.82) is 0 Å². The summed E-state index contributed by atoms with van der Waals surface area (Å²) in [5.41, 5.74) is 3.07. The van der Waals surface area contributed by atoms with Gasteiger partial charge in [0, 0.05) is 18.3 Å². The topological polar surface area (TPSA) is 66.5 Å². The van der Waals surface area contributed by atoms with Crippen LogP contribution in [0.15, 0.2) is 89.8 Å². The third-order valence-electron chi connectivity index (χ3n) is 4.99. The number of nitrogens with one attached hydrogen (secondary N) is 1. The number of benzene rings is 3. The van der Waals surface area contributed by atoms with Crippen LogP contribution in [0.1, 0.15) is 17.5 Å². The molecule has 1 heterocycles. The molecule has 0 saturated heterocycles. The summed E-state index contributed by atoms with van der Waals surface area (Å²) in [6.07, 6.45) is 4.76. The zero-order valence-electron chi connectivity index (χ0n) is 16.4. The molecular formula is C24H22N2O3S. The van der Waals surface area contributed by atoms with Crippen molar-refractivity contribution in [2.45, 2.75) is 17.7 Å². The number of rotatable bonds is 5. The first-order chi connectivity index (χ1) is 14.5. The summed E-state index contributed by atoms with van der Waals surface area (Å²) in [4.78, 5) is 12.6. The van der Waals surface area contributed by atoms with Crippen LogP contribution in [-0.4, -0.2) is 20.9 Å². The third kappa shape index (κ3) is 4.28. The van der Waals surface area contributed by atoms with Crippen molar-refractivity contribution in [1.82, 2.24) is 0 Å². The highest BCUT2D eigenvalue weighted by atomic mass is 32.2. The molecule has 0 unspecified atom stereocenters. The average Bonchev–Trinajstić information content (AvgIpc) is 2.78. The molecule has 0 spiro atoms. The van der Waals surface area contributed by atoms with Gasteiger partial charge in [0.15, 0.2) is 0 Å². The summed E-state index contributed by atoms with van der Waals surface area (Å²) < 4.78 is 27.8. The van der Waals surface area contributed by atoms with Gasteiger partial charge < -0.3 is 5.32 Å². The molecule has 1 N–H and O–H groups in total. The van der Waals surface area contributed by atoms with E-state index in [0.717, 1.165) is 24.0 Å². The maximum Gasteiger partial charge on any atom is 0.264 e. The van der Waals surface area contributed by atoms with Gasteiger partial charge in [0.25, 0.3) is 10.0 Å². The number of fused-ring (bicyclic) bond motifs is 1. The van der Waals surface area contributed by atoms with Crippen LogP contribution in [0.3, 0.4) is 0 Å². The molecule has 152 valence electrons. The van der Waals surface area contributed by atoms with E-state index in [1.165, 1.54) is 10.4 Å². The predicted octanol–water partition coefficient (Wildman–Crippen LogP) is 4.48. The molecule has 0 aliphatic carbocycles. The standard InChI is InChI=1S/C24H22N2O3S/c27-24(16-13-19-8-3-1-4-9-19)25-21-15-14-20-10-7-17-26(23(20)18-21)30(28,29)22-11-5-2-6-12-22/h1-6,8-9,11-16,18H,7,10,17H2,(H,25,27)/b16-13+. The van der Waals surface area contributed by atoms with E-state index >= 15 is 0 Å². The molecule has 0 aromatic heterocycles. The molecule has 6 heteroatoms. The number of anilines is 2. The Hall–Kier alpha value is -3.38. The number of amides is 1. The molecular weight excluding hydrogens is 396 g/mol. The maximum absolute atomic E-state index is 13.2. The van der Waals surface area contributed by atoms with E-state index in [0.29, 0.717) is 17.9 Å². The Kier molecular flexibility index (Phi) is 5.68. The molecule has 0 atom stereocenters. The number of sulfonamides is 1. The van der Waals surface area contributed by atoms with Crippen LogP contribution in [0, 0.1) is 0 Å². The first-order valence-electron chi connectivity index (χ1n) is 9.79. The number of aryl methyl sites for hydroxylation is 1. The smallest absolute Gasteiger partial charge is 0.264 e. The van der Waals surface area contributed by atoms with Crippen molar-refractivity contribution in [3.8, 4) is 0 Å². The molecule has 5 nitrogen and oxygen atoms in total. The number of hydrogen-bond acceptors (Lipinski definition) is 3. The Morgan fingerprint density at radius 3 is 2.37 bits per heavy atom. The number of nitrogens with zero attached hydrogens (tertiary/aromatic N) is 1. The first kappa shape index (κ1) is 19.9. The van der Waals surface area contributed by atoms with E-state index < -0.39 is 10.0 Å². The molecule has 4 rings (SSSR count). The molecule has 0 radical (unpaired) electrons. The van der Waals surface area contributed by atoms with Gasteiger partial charge in [-0.05, 0) is 54.3 Å². The summed E-state index contributed by atoms with van der Waals surface area (Å²) >= 11 is 0. The highest BCUT2D eigenvalue weighted by Gasteiger charge is 2.29. The van der Waals surface area contributed by atoms with Gasteiger partial charge in [-0.25, -0.2) is 8.42 Å². The number of carbonyl (C=O) groups is 1. The minimum atomic E-state index is -3.66. The van der Waals surface area contributed by atoms with Crippen LogP contribution >= 0.6 is 0 Å². The minimum absolute atomic E-state index is 0.262. The molecule has 1 aliphatic heterocycles. The quantitative estimate of drug-likeness (QED) is 0.621. The van der Waals surface area contributed by atoms with Gasteiger partial charge >= 0.3 is 0 Å². The molecule has 3 aromatic carbocycles. The van der Waals surface area contributed by atoms with Crippen molar-refractivity contribution in [2.75, 3.05) is 16.2 Å². The van der Waals surface area contributed by atoms with E-state index in [-0.39, 0.29) is 10.8 Å². The van der Waals surface area contributed by atoms with Crippen molar-refractivity contribution in [3.63, 3.8) is 0 Å². The zero-order valence-corrected chi connectivity index (χ0v) is 17.2. The molecule has 0 bridgehead atoms. The van der Waals surface area contributed by atoms with Gasteiger partial charge in [0.05, 0.1) is 10.6 Å². The Bertz CT molecular complexity index is 1170. The van der Waals surface area contributed by atoms with E-state index in [4.69, 9.17) is 0 Å². The van der Waals surface area contributed by atoms with Crippen molar-refractivity contribution in [2.24, 2.45) is 0 Å².